The Kier molecular flexibility index (Phi) is 7.45. The van der Waals surface area contributed by atoms with Crippen molar-refractivity contribution >= 4 is 17.7 Å². The fraction of sp³-hybridized carbons (Fsp3) is 0.400. The molecule has 0 aliphatic carbocycles. The molecule has 2 aromatic carbocycles. The molecule has 2 N–H and O–H groups in total. The number of aryl methyl sites for hydroxylation is 2. The second kappa shape index (κ2) is 10.2. The molecule has 164 valence electrons. The van der Waals surface area contributed by atoms with Crippen LogP contribution in [-0.2, 0) is 16.0 Å². The van der Waals surface area contributed by atoms with Crippen molar-refractivity contribution in [1.29, 1.82) is 0 Å². The minimum atomic E-state index is -0.620. The van der Waals surface area contributed by atoms with Gasteiger partial charge in [-0.05, 0) is 49.9 Å². The number of likely N-dealkylation sites (tertiary alicyclic amines) is 1. The van der Waals surface area contributed by atoms with Crippen LogP contribution >= 0.6 is 0 Å². The highest BCUT2D eigenvalue weighted by Gasteiger charge is 2.27. The molecule has 0 radical (unpaired) electrons. The molecule has 1 fully saturated rings. The number of nitrogens with one attached hydrogen (secondary N) is 2. The molecule has 6 heteroatoms. The topological polar surface area (TPSA) is 78.5 Å². The number of piperidine rings is 1. The van der Waals surface area contributed by atoms with Gasteiger partial charge >= 0.3 is 0 Å². The summed E-state index contributed by atoms with van der Waals surface area (Å²) in [5.74, 6) is -0.377. The summed E-state index contributed by atoms with van der Waals surface area (Å²) >= 11 is 0. The van der Waals surface area contributed by atoms with Crippen LogP contribution in [0.2, 0.25) is 0 Å². The van der Waals surface area contributed by atoms with E-state index in [9.17, 15) is 14.4 Å². The van der Waals surface area contributed by atoms with Gasteiger partial charge in [0.2, 0.25) is 11.8 Å². The van der Waals surface area contributed by atoms with Gasteiger partial charge < -0.3 is 15.5 Å². The van der Waals surface area contributed by atoms with E-state index in [1.165, 1.54) is 6.92 Å². The molecule has 1 saturated heterocycles. The Bertz CT molecular complexity index is 949. The van der Waals surface area contributed by atoms with Gasteiger partial charge in [-0.2, -0.15) is 0 Å². The Hall–Kier alpha value is -3.15. The quantitative estimate of drug-likeness (QED) is 0.753. The lowest BCUT2D eigenvalue weighted by Gasteiger charge is -2.33. The van der Waals surface area contributed by atoms with Gasteiger partial charge in [0.05, 0.1) is 0 Å². The average Bonchev–Trinajstić information content (AvgIpc) is 2.74. The summed E-state index contributed by atoms with van der Waals surface area (Å²) in [5.41, 5.74) is 3.89. The van der Waals surface area contributed by atoms with E-state index in [1.54, 1.807) is 0 Å². The summed E-state index contributed by atoms with van der Waals surface area (Å²) in [5, 5.41) is 5.86. The fourth-order valence-electron chi connectivity index (χ4n) is 4.00. The van der Waals surface area contributed by atoms with Crippen molar-refractivity contribution < 1.29 is 14.4 Å². The van der Waals surface area contributed by atoms with E-state index in [0.717, 1.165) is 16.7 Å². The maximum Gasteiger partial charge on any atom is 0.253 e. The lowest BCUT2D eigenvalue weighted by Crippen LogP contribution is -2.53. The van der Waals surface area contributed by atoms with E-state index in [4.69, 9.17) is 0 Å². The van der Waals surface area contributed by atoms with Crippen LogP contribution in [-0.4, -0.2) is 47.8 Å². The van der Waals surface area contributed by atoms with Crippen molar-refractivity contribution in [3.8, 4) is 0 Å². The Balaban J connectivity index is 1.57. The van der Waals surface area contributed by atoms with Gasteiger partial charge in [-0.15, -0.1) is 0 Å². The monoisotopic (exact) mass is 421 g/mol. The van der Waals surface area contributed by atoms with Crippen molar-refractivity contribution in [2.24, 2.45) is 0 Å². The minimum absolute atomic E-state index is 0.0119. The van der Waals surface area contributed by atoms with Gasteiger partial charge in [-0.1, -0.05) is 42.0 Å². The molecule has 1 aliphatic heterocycles. The summed E-state index contributed by atoms with van der Waals surface area (Å²) in [6.07, 6.45) is 1.84. The number of carbonyl (C=O) groups is 3. The Morgan fingerprint density at radius 2 is 1.74 bits per heavy atom. The lowest BCUT2D eigenvalue weighted by molar-refractivity contribution is -0.128. The predicted octanol–water partition coefficient (Wildman–Crippen LogP) is 2.77. The van der Waals surface area contributed by atoms with Gasteiger partial charge in [0.1, 0.15) is 6.04 Å². The second-order valence-corrected chi connectivity index (χ2v) is 8.33. The third-order valence-electron chi connectivity index (χ3n) is 5.77. The van der Waals surface area contributed by atoms with Gasteiger partial charge in [0.25, 0.3) is 5.91 Å². The number of carbonyl (C=O) groups excluding carboxylic acids is 3. The average molecular weight is 422 g/mol. The van der Waals surface area contributed by atoms with Gasteiger partial charge in [0, 0.05) is 38.0 Å². The highest BCUT2D eigenvalue weighted by molar-refractivity contribution is 5.94. The van der Waals surface area contributed by atoms with Crippen molar-refractivity contribution in [2.45, 2.75) is 52.1 Å². The number of nitrogens with zero attached hydrogens (tertiary/aromatic N) is 1. The highest BCUT2D eigenvalue weighted by atomic mass is 16.2. The first-order valence-electron chi connectivity index (χ1n) is 10.8. The third kappa shape index (κ3) is 6.17. The van der Waals surface area contributed by atoms with Crippen molar-refractivity contribution in [3.05, 3.63) is 70.8 Å². The van der Waals surface area contributed by atoms with Gasteiger partial charge in [-0.25, -0.2) is 0 Å². The van der Waals surface area contributed by atoms with Crippen LogP contribution in [0.1, 0.15) is 46.8 Å². The van der Waals surface area contributed by atoms with Crippen LogP contribution in [0, 0.1) is 13.8 Å². The minimum Gasteiger partial charge on any atom is -0.351 e. The molecule has 31 heavy (non-hydrogen) atoms. The standard InChI is InChI=1S/C25H31N3O3/c1-17-7-6-10-21(15-17)25(31)28-13-11-22(12-14-28)27-24(30)23(26-19(3)29)16-20-9-5-4-8-18(20)2/h4-10,15,22-23H,11-14,16H2,1-3H3,(H,26,29)(H,27,30)/t23-/m1/s1. The molecule has 3 amide bonds. The van der Waals surface area contributed by atoms with E-state index in [2.05, 4.69) is 10.6 Å². The molecular weight excluding hydrogens is 390 g/mol. The van der Waals surface area contributed by atoms with E-state index in [0.29, 0.717) is 37.9 Å². The SMILES string of the molecule is CC(=O)N[C@H](Cc1ccccc1C)C(=O)NC1CCN(C(=O)c2cccc(C)c2)CC1. The van der Waals surface area contributed by atoms with E-state index in [1.807, 2.05) is 67.3 Å². The van der Waals surface area contributed by atoms with Crippen LogP contribution < -0.4 is 10.6 Å². The largest absolute Gasteiger partial charge is 0.351 e. The highest BCUT2D eigenvalue weighted by Crippen LogP contribution is 2.16. The Morgan fingerprint density at radius 1 is 1.03 bits per heavy atom. The van der Waals surface area contributed by atoms with Crippen LogP contribution in [0.15, 0.2) is 48.5 Å². The van der Waals surface area contributed by atoms with E-state index >= 15 is 0 Å². The number of rotatable bonds is 6. The maximum atomic E-state index is 12.9. The summed E-state index contributed by atoms with van der Waals surface area (Å²) in [4.78, 5) is 39.2. The van der Waals surface area contributed by atoms with Crippen LogP contribution in [0.3, 0.4) is 0 Å². The zero-order chi connectivity index (χ0) is 22.4. The number of hydrogen-bond acceptors (Lipinski definition) is 3. The molecule has 3 rings (SSSR count). The molecule has 1 atom stereocenters. The summed E-state index contributed by atoms with van der Waals surface area (Å²) in [6, 6.07) is 14.9. The molecule has 6 nitrogen and oxygen atoms in total. The zero-order valence-electron chi connectivity index (χ0n) is 18.5. The number of hydrogen-bond donors (Lipinski definition) is 2. The smallest absolute Gasteiger partial charge is 0.253 e. The van der Waals surface area contributed by atoms with Crippen LogP contribution in [0.25, 0.3) is 0 Å². The van der Waals surface area contributed by atoms with E-state index < -0.39 is 6.04 Å². The molecule has 0 spiro atoms. The number of benzene rings is 2. The molecule has 0 saturated carbocycles. The first-order chi connectivity index (χ1) is 14.8. The van der Waals surface area contributed by atoms with Gasteiger partial charge in [0.15, 0.2) is 0 Å². The fourth-order valence-corrected chi connectivity index (χ4v) is 4.00. The summed E-state index contributed by atoms with van der Waals surface area (Å²) in [7, 11) is 0. The molecule has 2 aromatic rings. The normalized spacial score (nSPS) is 15.3. The Morgan fingerprint density at radius 3 is 2.39 bits per heavy atom. The Labute approximate surface area is 184 Å². The second-order valence-electron chi connectivity index (χ2n) is 8.33. The molecule has 0 unspecified atom stereocenters. The summed E-state index contributed by atoms with van der Waals surface area (Å²) in [6.45, 7) is 6.59. The predicted molar refractivity (Wildman–Crippen MR) is 121 cm³/mol. The zero-order valence-corrected chi connectivity index (χ0v) is 18.5. The summed E-state index contributed by atoms with van der Waals surface area (Å²) < 4.78 is 0. The van der Waals surface area contributed by atoms with Crippen molar-refractivity contribution in [3.63, 3.8) is 0 Å². The number of amides is 3. The van der Waals surface area contributed by atoms with E-state index in [-0.39, 0.29) is 23.8 Å². The molecular formula is C25H31N3O3. The van der Waals surface area contributed by atoms with Crippen LogP contribution in [0.4, 0.5) is 0 Å². The molecule has 0 aromatic heterocycles. The third-order valence-corrected chi connectivity index (χ3v) is 5.77. The maximum absolute atomic E-state index is 12.9. The molecule has 0 bridgehead atoms. The molecule has 1 heterocycles. The van der Waals surface area contributed by atoms with Gasteiger partial charge in [-0.3, -0.25) is 14.4 Å². The molecule has 1 aliphatic rings. The first kappa shape index (κ1) is 22.5. The van der Waals surface area contributed by atoms with Crippen molar-refractivity contribution in [1.82, 2.24) is 15.5 Å². The first-order valence-corrected chi connectivity index (χ1v) is 10.8. The lowest BCUT2D eigenvalue weighted by atomic mass is 9.99. The van der Waals surface area contributed by atoms with Crippen LogP contribution in [0.5, 0.6) is 0 Å². The van der Waals surface area contributed by atoms with Crippen molar-refractivity contribution in [2.75, 3.05) is 13.1 Å².